The zero-order chi connectivity index (χ0) is 19.2. The molecular weight excluding hydrogens is 368 g/mol. The zero-order valence-electron chi connectivity index (χ0n) is 15.5. The zero-order valence-corrected chi connectivity index (χ0v) is 17.1. The Morgan fingerprint density at radius 2 is 1.81 bits per heavy atom. The van der Waals surface area contributed by atoms with Crippen LogP contribution in [0.3, 0.4) is 0 Å². The average Bonchev–Trinajstić information content (AvgIpc) is 3.15. The predicted molar refractivity (Wildman–Crippen MR) is 105 cm³/mol. The van der Waals surface area contributed by atoms with Crippen molar-refractivity contribution in [1.29, 1.82) is 0 Å². The molecule has 1 aromatic heterocycles. The minimum atomic E-state index is -3.45. The molecule has 0 saturated carbocycles. The number of rotatable bonds is 9. The molecule has 0 unspecified atom stereocenters. The normalized spacial score (nSPS) is 11.9. The van der Waals surface area contributed by atoms with Crippen LogP contribution in [0.1, 0.15) is 32.3 Å². The summed E-state index contributed by atoms with van der Waals surface area (Å²) in [5.41, 5.74) is 1.09. The minimum absolute atomic E-state index is 0.0470. The molecular formula is C19H26N2O3S2. The molecule has 0 saturated heterocycles. The molecule has 1 aromatic carbocycles. The lowest BCUT2D eigenvalue weighted by atomic mass is 10.1. The summed E-state index contributed by atoms with van der Waals surface area (Å²) in [6, 6.07) is 13.3. The lowest BCUT2D eigenvalue weighted by molar-refractivity contribution is -0.133. The van der Waals surface area contributed by atoms with E-state index in [9.17, 15) is 13.2 Å². The topological polar surface area (TPSA) is 57.7 Å². The van der Waals surface area contributed by atoms with E-state index in [-0.39, 0.29) is 11.9 Å². The lowest BCUT2D eigenvalue weighted by Gasteiger charge is -2.27. The van der Waals surface area contributed by atoms with Gasteiger partial charge < -0.3 is 4.90 Å². The lowest BCUT2D eigenvalue weighted by Crippen LogP contribution is -2.37. The molecule has 2 rings (SSSR count). The molecule has 0 radical (unpaired) electrons. The van der Waals surface area contributed by atoms with Crippen molar-refractivity contribution in [2.24, 2.45) is 0 Å². The molecule has 0 bridgehead atoms. The van der Waals surface area contributed by atoms with Crippen LogP contribution in [-0.2, 0) is 21.4 Å². The molecule has 0 fully saturated rings. The van der Waals surface area contributed by atoms with Gasteiger partial charge in [-0.1, -0.05) is 36.4 Å². The number of nitrogens with zero attached hydrogens (tertiary/aromatic N) is 2. The van der Waals surface area contributed by atoms with E-state index in [1.807, 2.05) is 49.1 Å². The first-order chi connectivity index (χ1) is 12.3. The second kappa shape index (κ2) is 9.30. The van der Waals surface area contributed by atoms with E-state index in [1.165, 1.54) is 15.6 Å². The van der Waals surface area contributed by atoms with Gasteiger partial charge in [0.05, 0.1) is 0 Å². The average molecular weight is 395 g/mol. The van der Waals surface area contributed by atoms with Gasteiger partial charge in [0.25, 0.3) is 10.0 Å². The van der Waals surface area contributed by atoms with Crippen LogP contribution in [0.5, 0.6) is 0 Å². The van der Waals surface area contributed by atoms with Crippen molar-refractivity contribution in [3.8, 4) is 0 Å². The van der Waals surface area contributed by atoms with Crippen LogP contribution >= 0.6 is 11.3 Å². The van der Waals surface area contributed by atoms with Gasteiger partial charge in [-0.05, 0) is 37.3 Å². The number of carbonyl (C=O) groups is 1. The maximum Gasteiger partial charge on any atom is 0.252 e. The number of amides is 1. The molecule has 0 aliphatic heterocycles. The van der Waals surface area contributed by atoms with Crippen molar-refractivity contribution >= 4 is 27.3 Å². The van der Waals surface area contributed by atoms with Gasteiger partial charge in [-0.25, -0.2) is 12.7 Å². The number of hydrogen-bond acceptors (Lipinski definition) is 4. The maximum absolute atomic E-state index is 12.6. The monoisotopic (exact) mass is 394 g/mol. The Kier molecular flexibility index (Phi) is 7.37. The second-order valence-electron chi connectivity index (χ2n) is 6.46. The SMILES string of the molecule is CC(C)N(Cc1ccccc1)C(=O)CCCN(C)S(=O)(=O)c1cccs1. The first-order valence-corrected chi connectivity index (χ1v) is 11.0. The van der Waals surface area contributed by atoms with Crippen molar-refractivity contribution in [1.82, 2.24) is 9.21 Å². The molecule has 0 atom stereocenters. The summed E-state index contributed by atoms with van der Waals surface area (Å²) in [5.74, 6) is 0.0470. The predicted octanol–water partition coefficient (Wildman–Crippen LogP) is 3.59. The summed E-state index contributed by atoms with van der Waals surface area (Å²) in [5, 5.41) is 1.74. The van der Waals surface area contributed by atoms with Crippen LogP contribution < -0.4 is 0 Å². The van der Waals surface area contributed by atoms with Gasteiger partial charge in [0.1, 0.15) is 4.21 Å². The molecule has 26 heavy (non-hydrogen) atoms. The van der Waals surface area contributed by atoms with Gasteiger partial charge in [-0.15, -0.1) is 11.3 Å². The van der Waals surface area contributed by atoms with E-state index < -0.39 is 10.0 Å². The Morgan fingerprint density at radius 1 is 1.12 bits per heavy atom. The quantitative estimate of drug-likeness (QED) is 0.653. The molecule has 5 nitrogen and oxygen atoms in total. The molecule has 1 amide bonds. The number of hydrogen-bond donors (Lipinski definition) is 0. The fourth-order valence-corrected chi connectivity index (χ4v) is 5.03. The Balaban J connectivity index is 1.90. The molecule has 0 aliphatic carbocycles. The van der Waals surface area contributed by atoms with Crippen LogP contribution in [0, 0.1) is 0 Å². The summed E-state index contributed by atoms with van der Waals surface area (Å²) in [6.07, 6.45) is 0.827. The van der Waals surface area contributed by atoms with Gasteiger partial charge in [-0.3, -0.25) is 4.79 Å². The van der Waals surface area contributed by atoms with Crippen LogP contribution in [0.15, 0.2) is 52.1 Å². The van der Waals surface area contributed by atoms with Crippen molar-refractivity contribution in [2.75, 3.05) is 13.6 Å². The van der Waals surface area contributed by atoms with Crippen LogP contribution in [0.25, 0.3) is 0 Å². The highest BCUT2D eigenvalue weighted by molar-refractivity contribution is 7.91. The Hall–Kier alpha value is -1.70. The molecule has 0 spiro atoms. The Labute approximate surface area is 160 Å². The fraction of sp³-hybridized carbons (Fsp3) is 0.421. The number of carbonyl (C=O) groups excluding carboxylic acids is 1. The highest BCUT2D eigenvalue weighted by atomic mass is 32.2. The summed E-state index contributed by atoms with van der Waals surface area (Å²) < 4.78 is 26.4. The summed E-state index contributed by atoms with van der Waals surface area (Å²) in [4.78, 5) is 14.4. The third-order valence-electron chi connectivity index (χ3n) is 4.16. The summed E-state index contributed by atoms with van der Waals surface area (Å²) in [7, 11) is -1.89. The molecule has 1 heterocycles. The van der Waals surface area contributed by atoms with Gasteiger partial charge in [0, 0.05) is 32.6 Å². The highest BCUT2D eigenvalue weighted by Gasteiger charge is 2.22. The Morgan fingerprint density at radius 3 is 2.38 bits per heavy atom. The van der Waals surface area contributed by atoms with Gasteiger partial charge >= 0.3 is 0 Å². The molecule has 2 aromatic rings. The molecule has 0 aliphatic rings. The Bertz CT molecular complexity index is 787. The van der Waals surface area contributed by atoms with Crippen LogP contribution in [0.2, 0.25) is 0 Å². The highest BCUT2D eigenvalue weighted by Crippen LogP contribution is 2.20. The van der Waals surface area contributed by atoms with Crippen LogP contribution in [-0.4, -0.2) is 43.2 Å². The molecule has 142 valence electrons. The molecule has 7 heteroatoms. The van der Waals surface area contributed by atoms with E-state index in [1.54, 1.807) is 24.6 Å². The first-order valence-electron chi connectivity index (χ1n) is 8.65. The van der Waals surface area contributed by atoms with Crippen molar-refractivity contribution in [2.45, 2.75) is 43.5 Å². The smallest absolute Gasteiger partial charge is 0.252 e. The second-order valence-corrected chi connectivity index (χ2v) is 9.68. The molecule has 0 N–H and O–H groups in total. The fourth-order valence-electron chi connectivity index (χ4n) is 2.62. The van der Waals surface area contributed by atoms with E-state index >= 15 is 0 Å². The van der Waals surface area contributed by atoms with Crippen molar-refractivity contribution < 1.29 is 13.2 Å². The number of benzene rings is 1. The van der Waals surface area contributed by atoms with Gasteiger partial charge in [-0.2, -0.15) is 0 Å². The summed E-state index contributed by atoms with van der Waals surface area (Å²) >= 11 is 1.20. The van der Waals surface area contributed by atoms with Gasteiger partial charge in [0.2, 0.25) is 5.91 Å². The van der Waals surface area contributed by atoms with Crippen molar-refractivity contribution in [3.63, 3.8) is 0 Å². The third-order valence-corrected chi connectivity index (χ3v) is 7.39. The van der Waals surface area contributed by atoms with Gasteiger partial charge in [0.15, 0.2) is 0 Å². The maximum atomic E-state index is 12.6. The first kappa shape index (κ1) is 20.6. The summed E-state index contributed by atoms with van der Waals surface area (Å²) in [6.45, 7) is 4.88. The number of sulfonamides is 1. The van der Waals surface area contributed by atoms with Crippen molar-refractivity contribution in [3.05, 3.63) is 53.4 Å². The van der Waals surface area contributed by atoms with E-state index in [0.717, 1.165) is 5.56 Å². The minimum Gasteiger partial charge on any atom is -0.336 e. The van der Waals surface area contributed by atoms with E-state index in [2.05, 4.69) is 0 Å². The van der Waals surface area contributed by atoms with Crippen LogP contribution in [0.4, 0.5) is 0 Å². The number of thiophene rings is 1. The van der Waals surface area contributed by atoms with E-state index in [0.29, 0.717) is 30.1 Å². The standard InChI is InChI=1S/C19H26N2O3S2/c1-16(2)21(15-17-9-5-4-6-10-17)18(22)11-7-13-20(3)26(23,24)19-12-8-14-25-19/h4-6,8-10,12,14,16H,7,11,13,15H2,1-3H3. The third kappa shape index (κ3) is 5.40. The largest absolute Gasteiger partial charge is 0.336 e. The van der Waals surface area contributed by atoms with E-state index in [4.69, 9.17) is 0 Å².